The number of carbonyl (C=O) groups is 2. The van der Waals surface area contributed by atoms with Crippen molar-refractivity contribution in [3.8, 4) is 0 Å². The first-order valence-electron chi connectivity index (χ1n) is 9.99. The summed E-state index contributed by atoms with van der Waals surface area (Å²) in [5, 5.41) is 3.08. The fourth-order valence-corrected chi connectivity index (χ4v) is 5.02. The smallest absolute Gasteiger partial charge is 0.242 e. The quantitative estimate of drug-likeness (QED) is 0.617. The average Bonchev–Trinajstić information content (AvgIpc) is 3.09. The first-order chi connectivity index (χ1) is 12.3. The molecule has 1 saturated carbocycles. The maximum absolute atomic E-state index is 12.9. The number of hydrogen-bond acceptors (Lipinski definition) is 5. The van der Waals surface area contributed by atoms with Gasteiger partial charge in [0.1, 0.15) is 6.04 Å². The molecule has 2 aliphatic rings. The van der Waals surface area contributed by atoms with Gasteiger partial charge in [0.2, 0.25) is 11.8 Å². The number of nitrogens with zero attached hydrogens (tertiary/aromatic N) is 1. The number of nitrogens with one attached hydrogen (secondary N) is 1. The molecular weight excluding hydrogens is 348 g/mol. The topological polar surface area (TPSA) is 101 Å². The van der Waals surface area contributed by atoms with Crippen LogP contribution in [0.25, 0.3) is 0 Å². The Kier molecular flexibility index (Phi) is 7.79. The van der Waals surface area contributed by atoms with Crippen LogP contribution < -0.4 is 16.8 Å². The van der Waals surface area contributed by atoms with Gasteiger partial charge in [-0.25, -0.2) is 0 Å². The van der Waals surface area contributed by atoms with E-state index in [1.807, 2.05) is 13.8 Å². The number of carbonyl (C=O) groups excluding carboxylic acids is 2. The van der Waals surface area contributed by atoms with E-state index in [2.05, 4.69) is 12.2 Å². The van der Waals surface area contributed by atoms with Crippen molar-refractivity contribution in [1.82, 2.24) is 10.2 Å². The van der Waals surface area contributed by atoms with E-state index in [0.717, 1.165) is 44.3 Å². The molecule has 150 valence electrons. The summed E-state index contributed by atoms with van der Waals surface area (Å²) < 4.78 is -0.337. The van der Waals surface area contributed by atoms with Gasteiger partial charge in [0.05, 0.1) is 6.04 Å². The first-order valence-corrected chi connectivity index (χ1v) is 11.0. The Hall–Kier alpha value is -0.790. The van der Waals surface area contributed by atoms with Crippen molar-refractivity contribution < 1.29 is 9.59 Å². The third-order valence-electron chi connectivity index (χ3n) is 5.83. The van der Waals surface area contributed by atoms with Crippen molar-refractivity contribution in [3.63, 3.8) is 0 Å². The van der Waals surface area contributed by atoms with E-state index in [9.17, 15) is 9.59 Å². The van der Waals surface area contributed by atoms with Crippen molar-refractivity contribution in [2.75, 3.05) is 18.8 Å². The highest BCUT2D eigenvalue weighted by Crippen LogP contribution is 2.30. The van der Waals surface area contributed by atoms with Gasteiger partial charge in [-0.3, -0.25) is 9.59 Å². The number of rotatable bonds is 7. The lowest BCUT2D eigenvalue weighted by molar-refractivity contribution is -0.139. The molecule has 0 bridgehead atoms. The molecule has 2 unspecified atom stereocenters. The minimum absolute atomic E-state index is 0.0288. The van der Waals surface area contributed by atoms with E-state index < -0.39 is 6.04 Å². The van der Waals surface area contributed by atoms with Crippen LogP contribution in [0.15, 0.2) is 0 Å². The van der Waals surface area contributed by atoms with Gasteiger partial charge in [-0.15, -0.1) is 0 Å². The molecule has 0 radical (unpaired) electrons. The second-order valence-corrected chi connectivity index (χ2v) is 10.1. The molecule has 6 nitrogen and oxygen atoms in total. The van der Waals surface area contributed by atoms with Crippen LogP contribution in [0.2, 0.25) is 0 Å². The van der Waals surface area contributed by atoms with Crippen molar-refractivity contribution in [1.29, 1.82) is 0 Å². The summed E-state index contributed by atoms with van der Waals surface area (Å²) in [7, 11) is 0. The monoisotopic (exact) mass is 384 g/mol. The lowest BCUT2D eigenvalue weighted by Gasteiger charge is -2.34. The van der Waals surface area contributed by atoms with Crippen molar-refractivity contribution in [2.24, 2.45) is 17.4 Å². The molecule has 2 atom stereocenters. The maximum atomic E-state index is 12.9. The molecule has 26 heavy (non-hydrogen) atoms. The highest BCUT2D eigenvalue weighted by atomic mass is 32.2. The van der Waals surface area contributed by atoms with E-state index in [1.165, 1.54) is 0 Å². The molecule has 0 aromatic heterocycles. The maximum Gasteiger partial charge on any atom is 0.242 e. The summed E-state index contributed by atoms with van der Waals surface area (Å²) in [6.45, 7) is 7.38. The number of likely N-dealkylation sites (tertiary alicyclic amines) is 1. The van der Waals surface area contributed by atoms with Crippen molar-refractivity contribution in [2.45, 2.75) is 82.2 Å². The molecule has 2 fully saturated rings. The van der Waals surface area contributed by atoms with Crippen molar-refractivity contribution in [3.05, 3.63) is 0 Å². The molecule has 5 N–H and O–H groups in total. The lowest BCUT2D eigenvalue weighted by Crippen LogP contribution is -2.57. The molecule has 2 amide bonds. The second-order valence-electron chi connectivity index (χ2n) is 8.23. The molecule has 1 heterocycles. The molecule has 0 aromatic rings. The van der Waals surface area contributed by atoms with Gasteiger partial charge < -0.3 is 21.7 Å². The molecule has 0 aromatic carbocycles. The summed E-state index contributed by atoms with van der Waals surface area (Å²) in [6.07, 6.45) is 5.79. The Morgan fingerprint density at radius 1 is 1.23 bits per heavy atom. The minimum Gasteiger partial charge on any atom is -0.354 e. The number of hydrogen-bond donors (Lipinski definition) is 3. The van der Waals surface area contributed by atoms with Crippen LogP contribution in [0.1, 0.15) is 59.3 Å². The van der Waals surface area contributed by atoms with Gasteiger partial charge >= 0.3 is 0 Å². The van der Waals surface area contributed by atoms with Gasteiger partial charge in [-0.1, -0.05) is 6.92 Å². The van der Waals surface area contributed by atoms with Crippen LogP contribution in [-0.2, 0) is 9.59 Å². The third-order valence-corrected chi connectivity index (χ3v) is 7.11. The third kappa shape index (κ3) is 5.36. The molecule has 1 aliphatic heterocycles. The Bertz CT molecular complexity index is 492. The average molecular weight is 385 g/mol. The van der Waals surface area contributed by atoms with E-state index in [1.54, 1.807) is 16.7 Å². The summed E-state index contributed by atoms with van der Waals surface area (Å²) in [5.41, 5.74) is 12.2. The zero-order valence-electron chi connectivity index (χ0n) is 16.5. The van der Waals surface area contributed by atoms with Crippen molar-refractivity contribution >= 4 is 23.6 Å². The highest BCUT2D eigenvalue weighted by molar-refractivity contribution is 8.00. The molecule has 1 saturated heterocycles. The summed E-state index contributed by atoms with van der Waals surface area (Å²) in [5.74, 6) is 1.28. The largest absolute Gasteiger partial charge is 0.354 e. The van der Waals surface area contributed by atoms with Gasteiger partial charge in [0.25, 0.3) is 0 Å². The fraction of sp³-hybridized carbons (Fsp3) is 0.895. The fourth-order valence-electron chi connectivity index (χ4n) is 4.00. The Balaban J connectivity index is 1.89. The number of amides is 2. The zero-order chi connectivity index (χ0) is 19.3. The normalized spacial score (nSPS) is 28.0. The van der Waals surface area contributed by atoms with Crippen LogP contribution in [0.5, 0.6) is 0 Å². The zero-order valence-corrected chi connectivity index (χ0v) is 17.3. The van der Waals surface area contributed by atoms with E-state index in [0.29, 0.717) is 25.0 Å². The second kappa shape index (κ2) is 9.42. The van der Waals surface area contributed by atoms with E-state index in [4.69, 9.17) is 11.5 Å². The summed E-state index contributed by atoms with van der Waals surface area (Å²) in [4.78, 5) is 27.3. The van der Waals surface area contributed by atoms with Gasteiger partial charge in [0, 0.05) is 23.9 Å². The molecule has 2 rings (SSSR count). The summed E-state index contributed by atoms with van der Waals surface area (Å²) >= 11 is 1.68. The Labute approximate surface area is 162 Å². The summed E-state index contributed by atoms with van der Waals surface area (Å²) in [6, 6.07) is -0.654. The number of nitrogens with two attached hydrogens (primary N) is 2. The predicted octanol–water partition coefficient (Wildman–Crippen LogP) is 1.47. The lowest BCUT2D eigenvalue weighted by atomic mass is 9.86. The first kappa shape index (κ1) is 21.5. The van der Waals surface area contributed by atoms with E-state index >= 15 is 0 Å². The standard InChI is InChI=1S/C19H36N4O2S/c1-4-26-19(2,3)16(21)18(25)23-11-5-6-15(23)17(24)22-12-13-7-9-14(20)10-8-13/h13-16H,4-12,20-21H2,1-3H3,(H,22,24). The van der Waals surface area contributed by atoms with E-state index in [-0.39, 0.29) is 22.6 Å². The Morgan fingerprint density at radius 3 is 2.50 bits per heavy atom. The van der Waals surface area contributed by atoms with Gasteiger partial charge in [0.15, 0.2) is 0 Å². The minimum atomic E-state index is -0.597. The molecule has 1 aliphatic carbocycles. The van der Waals surface area contributed by atoms with Gasteiger partial charge in [-0.2, -0.15) is 11.8 Å². The molecule has 0 spiro atoms. The van der Waals surface area contributed by atoms with Crippen LogP contribution >= 0.6 is 11.8 Å². The molecular formula is C19H36N4O2S. The Morgan fingerprint density at radius 2 is 1.88 bits per heavy atom. The highest BCUT2D eigenvalue weighted by Gasteiger charge is 2.41. The number of thioether (sulfide) groups is 1. The van der Waals surface area contributed by atoms with Crippen LogP contribution in [0, 0.1) is 5.92 Å². The van der Waals surface area contributed by atoms with Gasteiger partial charge in [-0.05, 0) is 64.0 Å². The molecule has 7 heteroatoms. The van der Waals surface area contributed by atoms with Crippen LogP contribution in [0.4, 0.5) is 0 Å². The van der Waals surface area contributed by atoms with Crippen LogP contribution in [0.3, 0.4) is 0 Å². The SMILES string of the molecule is CCSC(C)(C)C(N)C(=O)N1CCCC1C(=O)NCC1CCC(N)CC1. The predicted molar refractivity (Wildman–Crippen MR) is 108 cm³/mol. The van der Waals surface area contributed by atoms with Crippen LogP contribution in [-0.4, -0.2) is 58.4 Å².